The van der Waals surface area contributed by atoms with E-state index < -0.39 is 17.0 Å². The molecule has 0 saturated heterocycles. The molecule has 0 bridgehead atoms. The summed E-state index contributed by atoms with van der Waals surface area (Å²) in [6, 6.07) is 9.04. The van der Waals surface area contributed by atoms with Crippen molar-refractivity contribution in [3.8, 4) is 16.9 Å². The number of rotatable bonds is 11. The van der Waals surface area contributed by atoms with Crippen LogP contribution in [0.1, 0.15) is 19.5 Å². The summed E-state index contributed by atoms with van der Waals surface area (Å²) in [6.45, 7) is 9.60. The maximum atomic E-state index is 14.7. The van der Waals surface area contributed by atoms with E-state index in [4.69, 9.17) is 4.74 Å². The van der Waals surface area contributed by atoms with Gasteiger partial charge >= 0.3 is 0 Å². The summed E-state index contributed by atoms with van der Waals surface area (Å²) in [7, 11) is 7.47. The second kappa shape index (κ2) is 13.1. The van der Waals surface area contributed by atoms with Crippen molar-refractivity contribution in [2.75, 3.05) is 68.3 Å². The Morgan fingerprint density at radius 1 is 1.09 bits per heavy atom. The highest BCUT2D eigenvalue weighted by molar-refractivity contribution is 6.02. The second-order valence-electron chi connectivity index (χ2n) is 11.9. The number of methoxy groups -OCH3 is 1. The van der Waals surface area contributed by atoms with Gasteiger partial charge in [-0.3, -0.25) is 9.78 Å². The number of ether oxygens (including phenoxy) is 1. The third kappa shape index (κ3) is 6.59. The number of halogens is 2. The van der Waals surface area contributed by atoms with Crippen molar-refractivity contribution in [3.05, 3.63) is 78.9 Å². The van der Waals surface area contributed by atoms with Crippen LogP contribution >= 0.6 is 0 Å². The Kier molecular flexibility index (Phi) is 9.15. The van der Waals surface area contributed by atoms with Crippen molar-refractivity contribution in [1.82, 2.24) is 24.8 Å². The maximum absolute atomic E-state index is 14.7. The molecule has 0 fully saturated rings. The van der Waals surface area contributed by atoms with Gasteiger partial charge in [0.2, 0.25) is 17.8 Å². The van der Waals surface area contributed by atoms with E-state index in [-0.39, 0.29) is 17.4 Å². The Hall–Kier alpha value is -5.17. The van der Waals surface area contributed by atoms with Crippen LogP contribution in [-0.2, 0) is 10.2 Å². The molecule has 0 atom stereocenters. The Labute approximate surface area is 267 Å². The molecular formula is C33H37F2N9O2. The predicted molar refractivity (Wildman–Crippen MR) is 176 cm³/mol. The molecule has 5 rings (SSSR count). The first-order valence-electron chi connectivity index (χ1n) is 14.6. The SMILES string of the molecule is C=CC(=O)Nc1cc(Nc2ncnc(N3CC(C)(C)c4ncc(-c5c(F)cccc5F)cc43)n2)c(OC)cc1N(C)CCN(C)C. The van der Waals surface area contributed by atoms with Gasteiger partial charge in [-0.15, -0.1) is 0 Å². The standard InChI is InChI=1S/C33H37F2N9O2/c1-8-28(45)39-23-15-24(27(46-7)16-25(23)43(6)13-12-42(4)5)40-31-37-19-38-32(41-31)44-18-33(2,3)30-26(44)14-20(17-36-30)29-21(34)10-9-11-22(29)35/h8-11,14-17,19H,1,12-13,18H2,2-7H3,(H,39,45)(H,37,38,40,41). The van der Waals surface area contributed by atoms with E-state index in [9.17, 15) is 13.6 Å². The van der Waals surface area contributed by atoms with E-state index in [0.29, 0.717) is 47.4 Å². The van der Waals surface area contributed by atoms with Gasteiger partial charge in [0.05, 0.1) is 41.1 Å². The zero-order valence-electron chi connectivity index (χ0n) is 26.7. The molecule has 1 aliphatic heterocycles. The van der Waals surface area contributed by atoms with Gasteiger partial charge in [-0.2, -0.15) is 4.98 Å². The molecule has 4 aromatic rings. The molecule has 1 amide bonds. The molecule has 11 nitrogen and oxygen atoms in total. The lowest BCUT2D eigenvalue weighted by Crippen LogP contribution is -2.29. The summed E-state index contributed by atoms with van der Waals surface area (Å²) in [4.78, 5) is 36.3. The van der Waals surface area contributed by atoms with Gasteiger partial charge < -0.3 is 30.1 Å². The summed E-state index contributed by atoms with van der Waals surface area (Å²) in [5.74, 6) is -0.683. The monoisotopic (exact) mass is 629 g/mol. The molecule has 0 radical (unpaired) electrons. The fraction of sp³-hybridized carbons (Fsp3) is 0.303. The quantitative estimate of drug-likeness (QED) is 0.206. The number of anilines is 6. The lowest BCUT2D eigenvalue weighted by atomic mass is 9.91. The average Bonchev–Trinajstić information content (AvgIpc) is 3.29. The molecule has 0 unspecified atom stereocenters. The highest BCUT2D eigenvalue weighted by Gasteiger charge is 2.39. The molecule has 2 N–H and O–H groups in total. The maximum Gasteiger partial charge on any atom is 0.247 e. The van der Waals surface area contributed by atoms with Gasteiger partial charge in [0.15, 0.2) is 0 Å². The van der Waals surface area contributed by atoms with Crippen molar-refractivity contribution in [1.29, 1.82) is 0 Å². The van der Waals surface area contributed by atoms with E-state index in [2.05, 4.69) is 42.0 Å². The molecule has 0 saturated carbocycles. The first-order chi connectivity index (χ1) is 21.9. The number of carbonyl (C=O) groups is 1. The van der Waals surface area contributed by atoms with Crippen LogP contribution in [-0.4, -0.2) is 78.6 Å². The minimum absolute atomic E-state index is 0.150. The topological polar surface area (TPSA) is 112 Å². The zero-order valence-corrected chi connectivity index (χ0v) is 26.7. The number of benzene rings is 2. The number of nitrogens with zero attached hydrogens (tertiary/aromatic N) is 7. The molecule has 46 heavy (non-hydrogen) atoms. The number of hydrogen-bond acceptors (Lipinski definition) is 10. The van der Waals surface area contributed by atoms with Crippen LogP contribution in [0.4, 0.5) is 43.4 Å². The molecule has 2 aromatic heterocycles. The Morgan fingerprint density at radius 2 is 1.83 bits per heavy atom. The molecule has 240 valence electrons. The third-order valence-electron chi connectivity index (χ3n) is 7.71. The number of pyridine rings is 1. The number of hydrogen-bond donors (Lipinski definition) is 2. The highest BCUT2D eigenvalue weighted by Crippen LogP contribution is 2.44. The molecule has 13 heteroatoms. The van der Waals surface area contributed by atoms with Crippen molar-refractivity contribution in [2.24, 2.45) is 0 Å². The van der Waals surface area contributed by atoms with Crippen molar-refractivity contribution in [3.63, 3.8) is 0 Å². The van der Waals surface area contributed by atoms with Gasteiger partial charge in [-0.1, -0.05) is 26.5 Å². The average molecular weight is 630 g/mol. The summed E-state index contributed by atoms with van der Waals surface area (Å²) < 4.78 is 35.1. The fourth-order valence-corrected chi connectivity index (χ4v) is 5.33. The number of nitrogens with one attached hydrogen (secondary N) is 2. The lowest BCUT2D eigenvalue weighted by molar-refractivity contribution is -0.111. The molecule has 0 spiro atoms. The van der Waals surface area contributed by atoms with Gasteiger partial charge in [-0.25, -0.2) is 18.7 Å². The number of amides is 1. The van der Waals surface area contributed by atoms with Crippen LogP contribution < -0.4 is 25.2 Å². The van der Waals surface area contributed by atoms with Crippen LogP contribution in [0.25, 0.3) is 11.1 Å². The zero-order chi connectivity index (χ0) is 33.2. The van der Waals surface area contributed by atoms with Gasteiger partial charge in [0, 0.05) is 49.9 Å². The van der Waals surface area contributed by atoms with E-state index in [0.717, 1.165) is 17.9 Å². The van der Waals surface area contributed by atoms with Crippen LogP contribution in [0.15, 0.2) is 61.6 Å². The predicted octanol–water partition coefficient (Wildman–Crippen LogP) is 5.52. The summed E-state index contributed by atoms with van der Waals surface area (Å²) in [6.07, 6.45) is 4.07. The number of aromatic nitrogens is 4. The first-order valence-corrected chi connectivity index (χ1v) is 14.6. The molecule has 2 aromatic carbocycles. The lowest BCUT2D eigenvalue weighted by Gasteiger charge is -2.26. The minimum atomic E-state index is -0.676. The molecule has 3 heterocycles. The van der Waals surface area contributed by atoms with Crippen LogP contribution in [0.3, 0.4) is 0 Å². The largest absolute Gasteiger partial charge is 0.494 e. The summed E-state index contributed by atoms with van der Waals surface area (Å²) in [5, 5.41) is 6.08. The Morgan fingerprint density at radius 3 is 2.50 bits per heavy atom. The second-order valence-corrected chi connectivity index (χ2v) is 11.9. The third-order valence-corrected chi connectivity index (χ3v) is 7.71. The van der Waals surface area contributed by atoms with E-state index in [1.54, 1.807) is 19.2 Å². The number of likely N-dealkylation sites (N-methyl/N-ethyl adjacent to an activating group) is 2. The smallest absolute Gasteiger partial charge is 0.247 e. The fourth-order valence-electron chi connectivity index (χ4n) is 5.33. The number of fused-ring (bicyclic) bond motifs is 1. The van der Waals surface area contributed by atoms with Crippen molar-refractivity contribution in [2.45, 2.75) is 19.3 Å². The summed E-state index contributed by atoms with van der Waals surface area (Å²) >= 11 is 0. The van der Waals surface area contributed by atoms with E-state index in [1.807, 2.05) is 50.9 Å². The summed E-state index contributed by atoms with van der Waals surface area (Å²) in [5.41, 5.74) is 2.93. The van der Waals surface area contributed by atoms with Crippen LogP contribution in [0.2, 0.25) is 0 Å². The van der Waals surface area contributed by atoms with Gasteiger partial charge in [-0.05, 0) is 44.4 Å². The minimum Gasteiger partial charge on any atom is -0.494 e. The van der Waals surface area contributed by atoms with Gasteiger partial charge in [0.25, 0.3) is 0 Å². The molecule has 1 aliphatic rings. The van der Waals surface area contributed by atoms with Crippen LogP contribution in [0, 0.1) is 11.6 Å². The van der Waals surface area contributed by atoms with E-state index in [1.165, 1.54) is 36.8 Å². The highest BCUT2D eigenvalue weighted by atomic mass is 19.1. The van der Waals surface area contributed by atoms with Crippen LogP contribution in [0.5, 0.6) is 5.75 Å². The van der Waals surface area contributed by atoms with Crippen molar-refractivity contribution < 1.29 is 18.3 Å². The normalized spacial score (nSPS) is 13.4. The molecular weight excluding hydrogens is 592 g/mol. The van der Waals surface area contributed by atoms with Gasteiger partial charge in [0.1, 0.15) is 23.7 Å². The number of carbonyl (C=O) groups excluding carboxylic acids is 1. The van der Waals surface area contributed by atoms with E-state index >= 15 is 0 Å². The van der Waals surface area contributed by atoms with Crippen molar-refractivity contribution >= 4 is 40.6 Å². The Bertz CT molecular complexity index is 1760. The Balaban J connectivity index is 1.51. The molecule has 0 aliphatic carbocycles. The first kappa shape index (κ1) is 32.2.